The minimum atomic E-state index is -3.68. The molecule has 0 radical (unpaired) electrons. The number of ether oxygens (including phenoxy) is 1. The van der Waals surface area contributed by atoms with Crippen molar-refractivity contribution >= 4 is 21.7 Å². The fraction of sp³-hybridized carbons (Fsp3) is 0.333. The molecule has 106 valence electrons. The molecule has 9 nitrogen and oxygen atoms in total. The van der Waals surface area contributed by atoms with E-state index in [1.54, 1.807) is 0 Å². The van der Waals surface area contributed by atoms with Gasteiger partial charge in [-0.2, -0.15) is 0 Å². The minimum Gasteiger partial charge on any atom is -0.370 e. The third kappa shape index (κ3) is 5.18. The number of amides is 1. The lowest BCUT2D eigenvalue weighted by Gasteiger charge is -2.07. The van der Waals surface area contributed by atoms with Gasteiger partial charge in [-0.1, -0.05) is 0 Å². The number of anilines is 1. The standard InChI is InChI=1S/C9H15N5O4S/c10-8(15)6-18-4-3-13-19(16,17)7-1-2-12-9(5-7)14-11/h1-2,5,13H,3-4,6,11H2,(H2,10,15)(H,12,14). The molecule has 1 aromatic rings. The highest BCUT2D eigenvalue weighted by atomic mass is 32.2. The van der Waals surface area contributed by atoms with E-state index in [9.17, 15) is 13.2 Å². The fourth-order valence-electron chi connectivity index (χ4n) is 1.16. The Hall–Kier alpha value is -1.75. The molecule has 0 fully saturated rings. The zero-order valence-corrected chi connectivity index (χ0v) is 10.8. The third-order valence-electron chi connectivity index (χ3n) is 1.97. The molecule has 1 heterocycles. The van der Waals surface area contributed by atoms with Crippen molar-refractivity contribution in [3.05, 3.63) is 18.3 Å². The summed E-state index contributed by atoms with van der Waals surface area (Å²) in [5.74, 6) is 4.75. The first-order chi connectivity index (χ1) is 8.95. The van der Waals surface area contributed by atoms with Gasteiger partial charge >= 0.3 is 0 Å². The summed E-state index contributed by atoms with van der Waals surface area (Å²) in [5, 5.41) is 0. The van der Waals surface area contributed by atoms with Crippen molar-refractivity contribution < 1.29 is 17.9 Å². The smallest absolute Gasteiger partial charge is 0.243 e. The van der Waals surface area contributed by atoms with Crippen LogP contribution in [0.2, 0.25) is 0 Å². The molecule has 0 saturated heterocycles. The van der Waals surface area contributed by atoms with Crippen LogP contribution >= 0.6 is 0 Å². The Bertz CT molecular complexity index is 533. The zero-order valence-electron chi connectivity index (χ0n) is 10.00. The Morgan fingerprint density at radius 2 is 2.21 bits per heavy atom. The highest BCUT2D eigenvalue weighted by Gasteiger charge is 2.14. The summed E-state index contributed by atoms with van der Waals surface area (Å²) in [5.41, 5.74) is 7.10. The van der Waals surface area contributed by atoms with Crippen LogP contribution in [0.3, 0.4) is 0 Å². The topological polar surface area (TPSA) is 149 Å². The maximum atomic E-state index is 11.8. The maximum absolute atomic E-state index is 11.8. The molecule has 0 aliphatic carbocycles. The van der Waals surface area contributed by atoms with Crippen LogP contribution in [0, 0.1) is 0 Å². The summed E-state index contributed by atoms with van der Waals surface area (Å²) < 4.78 is 30.8. The normalized spacial score (nSPS) is 11.2. The van der Waals surface area contributed by atoms with Gasteiger partial charge < -0.3 is 15.9 Å². The van der Waals surface area contributed by atoms with Crippen LogP contribution in [0.5, 0.6) is 0 Å². The Balaban J connectivity index is 2.53. The van der Waals surface area contributed by atoms with Crippen LogP contribution in [0.25, 0.3) is 0 Å². The van der Waals surface area contributed by atoms with E-state index in [4.69, 9.17) is 16.3 Å². The molecule has 1 amide bonds. The van der Waals surface area contributed by atoms with Gasteiger partial charge in [0, 0.05) is 18.8 Å². The summed E-state index contributed by atoms with van der Waals surface area (Å²) in [7, 11) is -3.68. The molecule has 1 aromatic heterocycles. The maximum Gasteiger partial charge on any atom is 0.243 e. The molecule has 0 bridgehead atoms. The number of pyridine rings is 1. The molecule has 10 heteroatoms. The van der Waals surface area contributed by atoms with E-state index in [0.29, 0.717) is 0 Å². The Labute approximate surface area is 110 Å². The minimum absolute atomic E-state index is 0.0172. The van der Waals surface area contributed by atoms with Gasteiger partial charge in [0.1, 0.15) is 12.4 Å². The van der Waals surface area contributed by atoms with Crippen molar-refractivity contribution in [1.82, 2.24) is 9.71 Å². The summed E-state index contributed by atoms with van der Waals surface area (Å²) in [4.78, 5) is 14.2. The quantitative estimate of drug-likeness (QED) is 0.249. The number of carbonyl (C=O) groups excluding carboxylic acids is 1. The third-order valence-corrected chi connectivity index (χ3v) is 3.43. The average molecular weight is 289 g/mol. The second kappa shape index (κ2) is 6.99. The second-order valence-corrected chi connectivity index (χ2v) is 5.20. The van der Waals surface area contributed by atoms with Gasteiger partial charge in [0.2, 0.25) is 15.9 Å². The summed E-state index contributed by atoms with van der Waals surface area (Å²) in [6.45, 7) is -0.198. The number of nitrogens with one attached hydrogen (secondary N) is 2. The lowest BCUT2D eigenvalue weighted by molar-refractivity contribution is -0.122. The van der Waals surface area contributed by atoms with E-state index in [0.717, 1.165) is 0 Å². The monoisotopic (exact) mass is 289 g/mol. The van der Waals surface area contributed by atoms with Gasteiger partial charge in [-0.05, 0) is 6.07 Å². The first kappa shape index (κ1) is 15.3. The summed E-state index contributed by atoms with van der Waals surface area (Å²) in [6, 6.07) is 2.61. The van der Waals surface area contributed by atoms with Crippen molar-refractivity contribution in [3.63, 3.8) is 0 Å². The molecular weight excluding hydrogens is 274 g/mol. The van der Waals surface area contributed by atoms with E-state index in [1.165, 1.54) is 18.3 Å². The highest BCUT2D eigenvalue weighted by Crippen LogP contribution is 2.11. The number of carbonyl (C=O) groups is 1. The van der Waals surface area contributed by atoms with Gasteiger partial charge in [0.15, 0.2) is 0 Å². The summed E-state index contributed by atoms with van der Waals surface area (Å²) in [6.07, 6.45) is 1.31. The van der Waals surface area contributed by atoms with Gasteiger partial charge in [-0.25, -0.2) is 24.0 Å². The first-order valence-electron chi connectivity index (χ1n) is 5.24. The molecule has 0 unspecified atom stereocenters. The number of rotatable bonds is 8. The van der Waals surface area contributed by atoms with E-state index >= 15 is 0 Å². The van der Waals surface area contributed by atoms with Crippen molar-refractivity contribution in [2.75, 3.05) is 25.2 Å². The van der Waals surface area contributed by atoms with Crippen molar-refractivity contribution in [1.29, 1.82) is 0 Å². The van der Waals surface area contributed by atoms with E-state index in [-0.39, 0.29) is 30.5 Å². The molecular formula is C9H15N5O4S. The van der Waals surface area contributed by atoms with Gasteiger partial charge in [0.05, 0.1) is 11.5 Å². The van der Waals surface area contributed by atoms with Crippen LogP contribution in [0.4, 0.5) is 5.82 Å². The second-order valence-electron chi connectivity index (χ2n) is 3.44. The van der Waals surface area contributed by atoms with Crippen LogP contribution < -0.4 is 21.7 Å². The highest BCUT2D eigenvalue weighted by molar-refractivity contribution is 7.89. The molecule has 0 aliphatic heterocycles. The number of nitrogens with zero attached hydrogens (tertiary/aromatic N) is 1. The van der Waals surface area contributed by atoms with Crippen LogP contribution in [-0.4, -0.2) is 39.1 Å². The van der Waals surface area contributed by atoms with Crippen molar-refractivity contribution in [2.24, 2.45) is 11.6 Å². The first-order valence-corrected chi connectivity index (χ1v) is 6.72. The van der Waals surface area contributed by atoms with Gasteiger partial charge in [-0.15, -0.1) is 0 Å². The molecule has 0 atom stereocenters. The number of hydrogen-bond acceptors (Lipinski definition) is 7. The summed E-state index contributed by atoms with van der Waals surface area (Å²) >= 11 is 0. The Kier molecular flexibility index (Phi) is 5.63. The SMILES string of the molecule is NNc1cc(S(=O)(=O)NCCOCC(N)=O)ccn1. The number of hydrogen-bond donors (Lipinski definition) is 4. The number of primary amides is 1. The Morgan fingerprint density at radius 3 is 2.84 bits per heavy atom. The molecule has 0 spiro atoms. The largest absolute Gasteiger partial charge is 0.370 e. The van der Waals surface area contributed by atoms with Crippen molar-refractivity contribution in [2.45, 2.75) is 4.90 Å². The van der Waals surface area contributed by atoms with E-state index in [2.05, 4.69) is 15.1 Å². The molecule has 0 aliphatic rings. The molecule has 0 saturated carbocycles. The van der Waals surface area contributed by atoms with Gasteiger partial charge in [0.25, 0.3) is 0 Å². The molecule has 0 aromatic carbocycles. The van der Waals surface area contributed by atoms with Crippen LogP contribution in [-0.2, 0) is 19.6 Å². The van der Waals surface area contributed by atoms with Gasteiger partial charge in [-0.3, -0.25) is 4.79 Å². The van der Waals surface area contributed by atoms with Crippen LogP contribution in [0.15, 0.2) is 23.2 Å². The fourth-order valence-corrected chi connectivity index (χ4v) is 2.19. The number of aromatic nitrogens is 1. The molecule has 6 N–H and O–H groups in total. The van der Waals surface area contributed by atoms with E-state index < -0.39 is 15.9 Å². The average Bonchev–Trinajstić information content (AvgIpc) is 2.38. The number of hydrazine groups is 1. The number of sulfonamides is 1. The molecule has 19 heavy (non-hydrogen) atoms. The number of nitrogens with two attached hydrogens (primary N) is 2. The van der Waals surface area contributed by atoms with E-state index in [1.807, 2.05) is 0 Å². The van der Waals surface area contributed by atoms with Crippen molar-refractivity contribution in [3.8, 4) is 0 Å². The zero-order chi connectivity index (χ0) is 14.3. The number of nitrogen functional groups attached to an aromatic ring is 1. The van der Waals surface area contributed by atoms with Crippen LogP contribution in [0.1, 0.15) is 0 Å². The molecule has 1 rings (SSSR count). The lowest BCUT2D eigenvalue weighted by atomic mass is 10.5. The Morgan fingerprint density at radius 1 is 1.47 bits per heavy atom. The lowest BCUT2D eigenvalue weighted by Crippen LogP contribution is -2.29. The predicted molar refractivity (Wildman–Crippen MR) is 67.2 cm³/mol. The predicted octanol–water partition coefficient (Wildman–Crippen LogP) is -1.85.